The van der Waals surface area contributed by atoms with Crippen LogP contribution in [0, 0.1) is 5.92 Å². The Morgan fingerprint density at radius 2 is 2.23 bits per heavy atom. The second-order valence-corrected chi connectivity index (χ2v) is 4.32. The summed E-state index contributed by atoms with van der Waals surface area (Å²) in [6.07, 6.45) is 0. The molecule has 1 aliphatic heterocycles. The summed E-state index contributed by atoms with van der Waals surface area (Å²) in [6, 6.07) is 6.65. The normalized spacial score (nSPS) is 20.8. The summed E-state index contributed by atoms with van der Waals surface area (Å²) in [7, 11) is 0. The number of nitrogens with one attached hydrogen (secondary N) is 1. The SMILES string of the molecule is CC(C)C1NCc2c(Cl)cccc21. The molecule has 1 aliphatic rings. The van der Waals surface area contributed by atoms with E-state index >= 15 is 0 Å². The molecule has 1 heterocycles. The van der Waals surface area contributed by atoms with Gasteiger partial charge in [0.05, 0.1) is 0 Å². The van der Waals surface area contributed by atoms with Crippen molar-refractivity contribution >= 4 is 11.6 Å². The molecule has 0 spiro atoms. The highest BCUT2D eigenvalue weighted by molar-refractivity contribution is 6.31. The molecule has 2 heteroatoms. The molecular weight excluding hydrogens is 182 g/mol. The van der Waals surface area contributed by atoms with E-state index in [-0.39, 0.29) is 0 Å². The van der Waals surface area contributed by atoms with Gasteiger partial charge < -0.3 is 5.32 Å². The van der Waals surface area contributed by atoms with Crippen LogP contribution in [-0.2, 0) is 6.54 Å². The zero-order chi connectivity index (χ0) is 9.42. The average molecular weight is 196 g/mol. The first-order valence-corrected chi connectivity index (χ1v) is 5.08. The molecule has 2 rings (SSSR count). The van der Waals surface area contributed by atoms with Crippen molar-refractivity contribution in [1.29, 1.82) is 0 Å². The lowest BCUT2D eigenvalue weighted by Gasteiger charge is -2.15. The van der Waals surface area contributed by atoms with Crippen LogP contribution in [0.2, 0.25) is 5.02 Å². The molecule has 0 saturated heterocycles. The van der Waals surface area contributed by atoms with Crippen molar-refractivity contribution in [2.45, 2.75) is 26.4 Å². The average Bonchev–Trinajstić information content (AvgIpc) is 2.48. The van der Waals surface area contributed by atoms with Gasteiger partial charge in [0.2, 0.25) is 0 Å². The Balaban J connectivity index is 2.43. The topological polar surface area (TPSA) is 12.0 Å². The lowest BCUT2D eigenvalue weighted by molar-refractivity contribution is 0.442. The van der Waals surface area contributed by atoms with E-state index in [1.165, 1.54) is 11.1 Å². The highest BCUT2D eigenvalue weighted by Crippen LogP contribution is 2.34. The summed E-state index contributed by atoms with van der Waals surface area (Å²) < 4.78 is 0. The van der Waals surface area contributed by atoms with Crippen LogP contribution in [-0.4, -0.2) is 0 Å². The van der Waals surface area contributed by atoms with Gasteiger partial charge in [0.15, 0.2) is 0 Å². The molecule has 1 nitrogen and oxygen atoms in total. The molecule has 0 bridgehead atoms. The van der Waals surface area contributed by atoms with Crippen molar-refractivity contribution in [3.63, 3.8) is 0 Å². The first kappa shape index (κ1) is 9.04. The predicted molar refractivity (Wildman–Crippen MR) is 55.9 cm³/mol. The third-order valence-electron chi connectivity index (χ3n) is 2.66. The summed E-state index contributed by atoms with van der Waals surface area (Å²) >= 11 is 6.10. The maximum atomic E-state index is 6.10. The summed E-state index contributed by atoms with van der Waals surface area (Å²) in [5.74, 6) is 0.625. The molecular formula is C11H14ClN. The third-order valence-corrected chi connectivity index (χ3v) is 3.01. The summed E-state index contributed by atoms with van der Waals surface area (Å²) in [5, 5.41) is 4.37. The number of halogens is 1. The number of hydrogen-bond acceptors (Lipinski definition) is 1. The molecule has 0 fully saturated rings. The van der Waals surface area contributed by atoms with E-state index in [1.54, 1.807) is 0 Å². The van der Waals surface area contributed by atoms with Gasteiger partial charge in [-0.3, -0.25) is 0 Å². The molecule has 0 amide bonds. The largest absolute Gasteiger partial charge is 0.306 e. The van der Waals surface area contributed by atoms with E-state index < -0.39 is 0 Å². The number of rotatable bonds is 1. The Morgan fingerprint density at radius 3 is 2.92 bits per heavy atom. The lowest BCUT2D eigenvalue weighted by atomic mass is 9.96. The highest BCUT2D eigenvalue weighted by atomic mass is 35.5. The van der Waals surface area contributed by atoms with Gasteiger partial charge in [0.1, 0.15) is 0 Å². The van der Waals surface area contributed by atoms with E-state index in [0.717, 1.165) is 11.6 Å². The van der Waals surface area contributed by atoms with Gasteiger partial charge in [-0.1, -0.05) is 37.6 Å². The van der Waals surface area contributed by atoms with Crippen LogP contribution in [0.5, 0.6) is 0 Å². The molecule has 70 valence electrons. The van der Waals surface area contributed by atoms with Crippen LogP contribution in [0.3, 0.4) is 0 Å². The van der Waals surface area contributed by atoms with Gasteiger partial charge in [-0.05, 0) is 23.1 Å². The smallest absolute Gasteiger partial charge is 0.0454 e. The second-order valence-electron chi connectivity index (χ2n) is 3.91. The number of fused-ring (bicyclic) bond motifs is 1. The lowest BCUT2D eigenvalue weighted by Crippen LogP contribution is -2.17. The Morgan fingerprint density at radius 1 is 1.46 bits per heavy atom. The molecule has 0 aromatic heterocycles. The van der Waals surface area contributed by atoms with Crippen molar-refractivity contribution in [3.05, 3.63) is 34.3 Å². The molecule has 0 saturated carbocycles. The molecule has 1 aromatic rings. The number of hydrogen-bond donors (Lipinski definition) is 1. The van der Waals surface area contributed by atoms with Gasteiger partial charge in [0.25, 0.3) is 0 Å². The van der Waals surface area contributed by atoms with Crippen LogP contribution >= 0.6 is 11.6 Å². The fourth-order valence-electron chi connectivity index (χ4n) is 1.97. The first-order chi connectivity index (χ1) is 6.20. The van der Waals surface area contributed by atoms with Crippen LogP contribution in [0.4, 0.5) is 0 Å². The zero-order valence-electron chi connectivity index (χ0n) is 7.97. The van der Waals surface area contributed by atoms with Crippen LogP contribution in [0.15, 0.2) is 18.2 Å². The minimum absolute atomic E-state index is 0.480. The number of benzene rings is 1. The van der Waals surface area contributed by atoms with Crippen molar-refractivity contribution in [2.24, 2.45) is 5.92 Å². The van der Waals surface area contributed by atoms with Gasteiger partial charge in [-0.15, -0.1) is 0 Å². The van der Waals surface area contributed by atoms with Gasteiger partial charge in [-0.25, -0.2) is 0 Å². The standard InChI is InChI=1S/C11H14ClN/c1-7(2)11-8-4-3-5-10(12)9(8)6-13-11/h3-5,7,11,13H,6H2,1-2H3. The van der Waals surface area contributed by atoms with E-state index in [2.05, 4.69) is 25.2 Å². The van der Waals surface area contributed by atoms with Crippen molar-refractivity contribution in [2.75, 3.05) is 0 Å². The van der Waals surface area contributed by atoms with Crippen LogP contribution in [0.25, 0.3) is 0 Å². The summed E-state index contributed by atoms with van der Waals surface area (Å²) in [5.41, 5.74) is 2.66. The minimum atomic E-state index is 0.480. The molecule has 1 aromatic carbocycles. The molecule has 0 aliphatic carbocycles. The van der Waals surface area contributed by atoms with Gasteiger partial charge >= 0.3 is 0 Å². The highest BCUT2D eigenvalue weighted by Gasteiger charge is 2.25. The maximum absolute atomic E-state index is 6.10. The zero-order valence-corrected chi connectivity index (χ0v) is 8.73. The van der Waals surface area contributed by atoms with Crippen molar-refractivity contribution in [3.8, 4) is 0 Å². The molecule has 1 unspecified atom stereocenters. The second kappa shape index (κ2) is 3.32. The maximum Gasteiger partial charge on any atom is 0.0454 e. The monoisotopic (exact) mass is 195 g/mol. The fraction of sp³-hybridized carbons (Fsp3) is 0.455. The summed E-state index contributed by atoms with van der Waals surface area (Å²) in [4.78, 5) is 0. The quantitative estimate of drug-likeness (QED) is 0.726. The van der Waals surface area contributed by atoms with Gasteiger partial charge in [0, 0.05) is 17.6 Å². The first-order valence-electron chi connectivity index (χ1n) is 4.71. The summed E-state index contributed by atoms with van der Waals surface area (Å²) in [6.45, 7) is 5.37. The molecule has 13 heavy (non-hydrogen) atoms. The molecule has 1 N–H and O–H groups in total. The Hall–Kier alpha value is -0.530. The minimum Gasteiger partial charge on any atom is -0.306 e. The fourth-order valence-corrected chi connectivity index (χ4v) is 2.22. The Labute approximate surface area is 84.1 Å². The van der Waals surface area contributed by atoms with E-state index in [1.807, 2.05) is 12.1 Å². The van der Waals surface area contributed by atoms with Crippen LogP contribution < -0.4 is 5.32 Å². The van der Waals surface area contributed by atoms with Gasteiger partial charge in [-0.2, -0.15) is 0 Å². The third kappa shape index (κ3) is 1.47. The molecule has 1 atom stereocenters. The molecule has 0 radical (unpaired) electrons. The Kier molecular flexibility index (Phi) is 2.31. The predicted octanol–water partition coefficient (Wildman–Crippen LogP) is 3.14. The van der Waals surface area contributed by atoms with E-state index in [9.17, 15) is 0 Å². The van der Waals surface area contributed by atoms with E-state index in [0.29, 0.717) is 12.0 Å². The van der Waals surface area contributed by atoms with Crippen molar-refractivity contribution in [1.82, 2.24) is 5.32 Å². The van der Waals surface area contributed by atoms with Crippen LogP contribution in [0.1, 0.15) is 31.0 Å². The Bertz CT molecular complexity index is 320. The van der Waals surface area contributed by atoms with Crippen molar-refractivity contribution < 1.29 is 0 Å². The van der Waals surface area contributed by atoms with E-state index in [4.69, 9.17) is 11.6 Å².